The average Bonchev–Trinajstić information content (AvgIpc) is 2.86. The zero-order chi connectivity index (χ0) is 25.0. The zero-order valence-electron chi connectivity index (χ0n) is 21.4. The fourth-order valence-corrected chi connectivity index (χ4v) is 5.78. The van der Waals surface area contributed by atoms with Crippen molar-refractivity contribution in [2.75, 3.05) is 32.8 Å². The minimum Gasteiger partial charge on any atom is -0.396 e. The third-order valence-electron chi connectivity index (χ3n) is 7.74. The number of hydrogen-bond acceptors (Lipinski definition) is 5. The smallest absolute Gasteiger partial charge is 0.254 e. The van der Waals surface area contributed by atoms with Crippen LogP contribution in [0.1, 0.15) is 66.6 Å². The van der Waals surface area contributed by atoms with Gasteiger partial charge in [-0.15, -0.1) is 0 Å². The molecule has 0 spiro atoms. The number of amides is 1. The second-order valence-electron chi connectivity index (χ2n) is 10.1. The number of likely N-dealkylation sites (tertiary alicyclic amines) is 2. The third-order valence-corrected chi connectivity index (χ3v) is 8.27. The largest absolute Gasteiger partial charge is 0.396 e. The molecular weight excluding hydrogens is 504 g/mol. The van der Waals surface area contributed by atoms with Gasteiger partial charge in [0.05, 0.1) is 5.71 Å². The molecule has 0 atom stereocenters. The predicted octanol–water partition coefficient (Wildman–Crippen LogP) is 5.61. The molecule has 1 amide bonds. The molecule has 7 heteroatoms. The van der Waals surface area contributed by atoms with Gasteiger partial charge in [-0.05, 0) is 95.3 Å². The van der Waals surface area contributed by atoms with Gasteiger partial charge in [0.25, 0.3) is 5.91 Å². The summed E-state index contributed by atoms with van der Waals surface area (Å²) in [5.74, 6) is 0.538. The number of halogens is 1. The van der Waals surface area contributed by atoms with Gasteiger partial charge in [-0.3, -0.25) is 14.7 Å². The molecule has 3 heterocycles. The zero-order valence-corrected chi connectivity index (χ0v) is 23.0. The lowest BCUT2D eigenvalue weighted by molar-refractivity contribution is 0.0161. The predicted molar refractivity (Wildman–Crippen MR) is 144 cm³/mol. The van der Waals surface area contributed by atoms with E-state index < -0.39 is 0 Å². The summed E-state index contributed by atoms with van der Waals surface area (Å²) in [7, 11) is 0. The van der Waals surface area contributed by atoms with Crippen LogP contribution in [0.5, 0.6) is 0 Å². The number of carbonyl (C=O) groups is 1. The minimum atomic E-state index is 0.124. The summed E-state index contributed by atoms with van der Waals surface area (Å²) in [6.07, 6.45) is 7.70. The van der Waals surface area contributed by atoms with Crippen LogP contribution in [-0.2, 0) is 4.84 Å². The molecule has 188 valence electrons. The summed E-state index contributed by atoms with van der Waals surface area (Å²) in [5.41, 5.74) is 5.06. The fraction of sp³-hybridized carbons (Fsp3) is 0.536. The van der Waals surface area contributed by atoms with Gasteiger partial charge in [0, 0.05) is 47.0 Å². The molecule has 2 saturated heterocycles. The maximum absolute atomic E-state index is 13.2. The number of rotatable bonds is 6. The van der Waals surface area contributed by atoms with Crippen LogP contribution in [0.3, 0.4) is 0 Å². The van der Waals surface area contributed by atoms with Gasteiger partial charge >= 0.3 is 0 Å². The molecule has 1 aromatic carbocycles. The molecule has 2 fully saturated rings. The molecule has 2 aliphatic rings. The second-order valence-corrected chi connectivity index (χ2v) is 11.0. The topological polar surface area (TPSA) is 58.0 Å². The summed E-state index contributed by atoms with van der Waals surface area (Å²) in [6, 6.07) is 8.37. The Morgan fingerprint density at radius 3 is 2.26 bits per heavy atom. The molecule has 0 aliphatic carbocycles. The van der Waals surface area contributed by atoms with Crippen LogP contribution in [0.4, 0.5) is 0 Å². The maximum atomic E-state index is 13.2. The van der Waals surface area contributed by atoms with Gasteiger partial charge in [0.1, 0.15) is 6.61 Å². The number of aromatic nitrogens is 1. The first-order chi connectivity index (χ1) is 16.8. The van der Waals surface area contributed by atoms with E-state index in [1.807, 2.05) is 25.7 Å². The highest BCUT2D eigenvalue weighted by Gasteiger charge is 2.39. The summed E-state index contributed by atoms with van der Waals surface area (Å²) >= 11 is 3.53. The molecule has 6 nitrogen and oxygen atoms in total. The second kappa shape index (κ2) is 11.2. The lowest BCUT2D eigenvalue weighted by atomic mass is 9.82. The van der Waals surface area contributed by atoms with E-state index in [2.05, 4.69) is 62.2 Å². The monoisotopic (exact) mass is 540 g/mol. The van der Waals surface area contributed by atoms with E-state index in [9.17, 15) is 4.79 Å². The Morgan fingerprint density at radius 1 is 1.09 bits per heavy atom. The van der Waals surface area contributed by atoms with Crippen molar-refractivity contribution in [3.8, 4) is 0 Å². The highest BCUT2D eigenvalue weighted by Crippen LogP contribution is 2.34. The van der Waals surface area contributed by atoms with Gasteiger partial charge in [-0.2, -0.15) is 0 Å². The maximum Gasteiger partial charge on any atom is 0.254 e. The first kappa shape index (κ1) is 25.8. The van der Waals surface area contributed by atoms with Crippen molar-refractivity contribution in [1.29, 1.82) is 0 Å². The molecule has 1 aromatic heterocycles. The lowest BCUT2D eigenvalue weighted by Gasteiger charge is -2.49. The summed E-state index contributed by atoms with van der Waals surface area (Å²) < 4.78 is 1.07. The quantitative estimate of drug-likeness (QED) is 0.353. The van der Waals surface area contributed by atoms with Gasteiger partial charge in [-0.25, -0.2) is 0 Å². The van der Waals surface area contributed by atoms with Gasteiger partial charge in [0.15, 0.2) is 0 Å². The number of aryl methyl sites for hydroxylation is 2. The van der Waals surface area contributed by atoms with Crippen molar-refractivity contribution in [3.63, 3.8) is 0 Å². The van der Waals surface area contributed by atoms with E-state index in [1.54, 1.807) is 12.4 Å². The van der Waals surface area contributed by atoms with Crippen LogP contribution in [-0.4, -0.2) is 64.7 Å². The van der Waals surface area contributed by atoms with Crippen molar-refractivity contribution >= 4 is 27.5 Å². The molecule has 0 saturated carbocycles. The highest BCUT2D eigenvalue weighted by molar-refractivity contribution is 9.10. The van der Waals surface area contributed by atoms with Crippen molar-refractivity contribution in [3.05, 3.63) is 63.4 Å². The first-order valence-electron chi connectivity index (χ1n) is 12.7. The molecular formula is C28H37BrN4O2. The van der Waals surface area contributed by atoms with Crippen LogP contribution < -0.4 is 0 Å². The third kappa shape index (κ3) is 5.78. The lowest BCUT2D eigenvalue weighted by Crippen LogP contribution is -2.56. The normalized spacial score (nSPS) is 19.6. The number of carbonyl (C=O) groups excluding carboxylic acids is 1. The van der Waals surface area contributed by atoms with Gasteiger partial charge < -0.3 is 9.74 Å². The van der Waals surface area contributed by atoms with Crippen LogP contribution >= 0.6 is 15.9 Å². The highest BCUT2D eigenvalue weighted by atomic mass is 79.9. The Morgan fingerprint density at radius 2 is 1.69 bits per heavy atom. The number of nitrogens with zero attached hydrogens (tertiary/aromatic N) is 4. The van der Waals surface area contributed by atoms with E-state index in [1.165, 1.54) is 0 Å². The first-order valence-corrected chi connectivity index (χ1v) is 13.5. The number of pyridine rings is 1. The van der Waals surface area contributed by atoms with Crippen LogP contribution in [0.2, 0.25) is 0 Å². The van der Waals surface area contributed by atoms with E-state index in [-0.39, 0.29) is 11.4 Å². The van der Waals surface area contributed by atoms with E-state index >= 15 is 0 Å². The average molecular weight is 542 g/mol. The van der Waals surface area contributed by atoms with Crippen molar-refractivity contribution in [2.45, 2.75) is 58.9 Å². The number of hydrogen-bond donors (Lipinski definition) is 0. The standard InChI is InChI=1S/C28H37BrN4O2/c1-5-35-31-26(22-6-8-24(29)9-7-22)23-10-14-33(15-11-23)28(4)12-16-32(17-13-28)27(34)25-20(2)18-30-19-21(25)3/h6-9,18-19,23H,5,10-17H2,1-4H3/b31-26+. The summed E-state index contributed by atoms with van der Waals surface area (Å²) in [4.78, 5) is 27.6. The number of piperidine rings is 2. The molecule has 0 unspecified atom stereocenters. The van der Waals surface area contributed by atoms with Crippen molar-refractivity contribution in [2.24, 2.45) is 11.1 Å². The summed E-state index contributed by atoms with van der Waals surface area (Å²) in [5, 5.41) is 4.53. The van der Waals surface area contributed by atoms with Crippen LogP contribution in [0, 0.1) is 19.8 Å². The summed E-state index contributed by atoms with van der Waals surface area (Å²) in [6.45, 7) is 12.6. The van der Waals surface area contributed by atoms with Crippen LogP contribution in [0.25, 0.3) is 0 Å². The van der Waals surface area contributed by atoms with Crippen molar-refractivity contribution < 1.29 is 9.63 Å². The molecule has 35 heavy (non-hydrogen) atoms. The number of oxime groups is 1. The molecule has 0 N–H and O–H groups in total. The van der Waals surface area contributed by atoms with Crippen LogP contribution in [0.15, 0.2) is 46.3 Å². The van der Waals surface area contributed by atoms with E-state index in [0.717, 1.165) is 84.3 Å². The molecule has 4 rings (SSSR count). The van der Waals surface area contributed by atoms with Gasteiger partial charge in [0.2, 0.25) is 0 Å². The Balaban J connectivity index is 1.38. The molecule has 0 bridgehead atoms. The Bertz CT molecular complexity index is 1030. The molecule has 0 radical (unpaired) electrons. The number of benzene rings is 1. The van der Waals surface area contributed by atoms with Crippen molar-refractivity contribution in [1.82, 2.24) is 14.8 Å². The Hall–Kier alpha value is -2.25. The Kier molecular flexibility index (Phi) is 8.27. The van der Waals surface area contributed by atoms with E-state index in [0.29, 0.717) is 12.5 Å². The molecule has 2 aromatic rings. The van der Waals surface area contributed by atoms with Gasteiger partial charge in [-0.1, -0.05) is 33.2 Å². The van der Waals surface area contributed by atoms with E-state index in [4.69, 9.17) is 4.84 Å². The Labute approximate surface area is 217 Å². The SMILES string of the molecule is CCO/N=C(\c1ccc(Br)cc1)C1CCN(C2(C)CCN(C(=O)c3c(C)cncc3C)CC2)CC1. The minimum absolute atomic E-state index is 0.124. The molecule has 2 aliphatic heterocycles. The fourth-order valence-electron chi connectivity index (χ4n) is 5.51.